The molecule has 3 rings (SSSR count). The van der Waals surface area contributed by atoms with Gasteiger partial charge in [0, 0.05) is 18.3 Å². The van der Waals surface area contributed by atoms with Crippen molar-refractivity contribution in [2.75, 3.05) is 5.32 Å². The van der Waals surface area contributed by atoms with E-state index in [9.17, 15) is 4.79 Å². The molecule has 1 aliphatic rings. The van der Waals surface area contributed by atoms with E-state index in [0.29, 0.717) is 16.7 Å². The van der Waals surface area contributed by atoms with Gasteiger partial charge in [0.2, 0.25) is 5.95 Å². The number of hydrogen-bond acceptors (Lipinski definition) is 5. The molecule has 18 heavy (non-hydrogen) atoms. The summed E-state index contributed by atoms with van der Waals surface area (Å²) in [5, 5.41) is 3.76. The number of nitrogens with one attached hydrogen (secondary N) is 1. The van der Waals surface area contributed by atoms with E-state index >= 15 is 0 Å². The van der Waals surface area contributed by atoms with Crippen molar-refractivity contribution in [2.24, 2.45) is 0 Å². The Balaban J connectivity index is 1.79. The zero-order valence-corrected chi connectivity index (χ0v) is 10.7. The third-order valence-electron chi connectivity index (χ3n) is 2.74. The summed E-state index contributed by atoms with van der Waals surface area (Å²) < 4.78 is 0. The molecule has 6 heteroatoms. The molecule has 0 radical (unpaired) electrons. The van der Waals surface area contributed by atoms with E-state index in [1.807, 2.05) is 6.92 Å². The second-order valence-corrected chi connectivity index (χ2v) is 5.30. The third-order valence-corrected chi connectivity index (χ3v) is 4.06. The Morgan fingerprint density at radius 1 is 1.39 bits per heavy atom. The second kappa shape index (κ2) is 4.45. The van der Waals surface area contributed by atoms with Crippen LogP contribution in [-0.2, 0) is 0 Å². The van der Waals surface area contributed by atoms with E-state index in [2.05, 4.69) is 20.3 Å². The second-order valence-electron chi connectivity index (χ2n) is 4.27. The number of amides is 1. The summed E-state index contributed by atoms with van der Waals surface area (Å²) in [6.45, 7) is 1.86. The van der Waals surface area contributed by atoms with Crippen LogP contribution in [0.5, 0.6) is 0 Å². The molecule has 1 N–H and O–H groups in total. The number of anilines is 1. The van der Waals surface area contributed by atoms with Gasteiger partial charge in [-0.3, -0.25) is 10.1 Å². The van der Waals surface area contributed by atoms with Crippen LogP contribution in [0, 0.1) is 6.92 Å². The Morgan fingerprint density at radius 2 is 2.11 bits per heavy atom. The minimum Gasteiger partial charge on any atom is -0.290 e. The number of carbonyl (C=O) groups excluding carboxylic acids is 1. The summed E-state index contributed by atoms with van der Waals surface area (Å²) in [6.07, 6.45) is 5.57. The summed E-state index contributed by atoms with van der Waals surface area (Å²) in [4.78, 5) is 25.1. The molecule has 0 unspecified atom stereocenters. The van der Waals surface area contributed by atoms with Crippen molar-refractivity contribution in [3.05, 3.63) is 34.0 Å². The Morgan fingerprint density at radius 3 is 2.78 bits per heavy atom. The minimum atomic E-state index is -0.178. The highest BCUT2D eigenvalue weighted by Gasteiger charge is 2.29. The number of hydrogen-bond donors (Lipinski definition) is 1. The fourth-order valence-electron chi connectivity index (χ4n) is 1.65. The normalized spacial score (nSPS) is 14.5. The zero-order valence-electron chi connectivity index (χ0n) is 9.88. The van der Waals surface area contributed by atoms with E-state index in [-0.39, 0.29) is 5.91 Å². The molecule has 0 bridgehead atoms. The lowest BCUT2D eigenvalue weighted by Gasteiger charge is -2.00. The van der Waals surface area contributed by atoms with Gasteiger partial charge < -0.3 is 0 Å². The van der Waals surface area contributed by atoms with E-state index in [1.54, 1.807) is 18.5 Å². The molecule has 0 aromatic carbocycles. The van der Waals surface area contributed by atoms with Crippen LogP contribution < -0.4 is 5.32 Å². The van der Waals surface area contributed by atoms with E-state index in [0.717, 1.165) is 10.7 Å². The summed E-state index contributed by atoms with van der Waals surface area (Å²) in [7, 11) is 0. The summed E-state index contributed by atoms with van der Waals surface area (Å²) in [5.41, 5.74) is 0.787. The number of aromatic nitrogens is 3. The molecule has 0 aliphatic heterocycles. The van der Waals surface area contributed by atoms with Gasteiger partial charge in [-0.05, 0) is 25.8 Å². The highest BCUT2D eigenvalue weighted by molar-refractivity contribution is 7.14. The molecule has 2 aromatic heterocycles. The lowest BCUT2D eigenvalue weighted by molar-refractivity contribution is 0.102. The monoisotopic (exact) mass is 260 g/mol. The third kappa shape index (κ3) is 2.24. The molecule has 1 fully saturated rings. The average Bonchev–Trinajstić information content (AvgIpc) is 3.14. The molecule has 92 valence electrons. The van der Waals surface area contributed by atoms with Crippen LogP contribution in [-0.4, -0.2) is 20.9 Å². The first kappa shape index (κ1) is 11.3. The quantitative estimate of drug-likeness (QED) is 0.920. The standard InChI is InChI=1S/C12H12N4OS/c1-7-9(18-11(15-7)8-3-4-8)10(17)16-12-13-5-2-6-14-12/h2,5-6,8H,3-4H2,1H3,(H,13,14,16,17). The summed E-state index contributed by atoms with van der Waals surface area (Å²) in [5.74, 6) is 0.717. The van der Waals surface area contributed by atoms with Crippen LogP contribution in [0.2, 0.25) is 0 Å². The smallest absolute Gasteiger partial charge is 0.270 e. The van der Waals surface area contributed by atoms with Crippen molar-refractivity contribution in [1.29, 1.82) is 0 Å². The van der Waals surface area contributed by atoms with Crippen molar-refractivity contribution in [1.82, 2.24) is 15.0 Å². The fourth-order valence-corrected chi connectivity index (χ4v) is 2.79. The van der Waals surface area contributed by atoms with Crippen LogP contribution in [0.15, 0.2) is 18.5 Å². The van der Waals surface area contributed by atoms with Gasteiger partial charge >= 0.3 is 0 Å². The Hall–Kier alpha value is -1.82. The first-order valence-corrected chi connectivity index (χ1v) is 6.61. The maximum atomic E-state index is 12.1. The first-order chi connectivity index (χ1) is 8.74. The molecular formula is C12H12N4OS. The lowest BCUT2D eigenvalue weighted by atomic mass is 10.3. The van der Waals surface area contributed by atoms with Gasteiger partial charge in [-0.2, -0.15) is 0 Å². The SMILES string of the molecule is Cc1nc(C2CC2)sc1C(=O)Nc1ncccn1. The highest BCUT2D eigenvalue weighted by Crippen LogP contribution is 2.42. The Labute approximate surface area is 108 Å². The summed E-state index contributed by atoms with van der Waals surface area (Å²) in [6, 6.07) is 1.71. The van der Waals surface area contributed by atoms with Gasteiger partial charge in [0.15, 0.2) is 0 Å². The van der Waals surface area contributed by atoms with Crippen LogP contribution in [0.1, 0.15) is 39.1 Å². The average molecular weight is 260 g/mol. The number of rotatable bonds is 3. The van der Waals surface area contributed by atoms with Gasteiger partial charge in [0.05, 0.1) is 10.7 Å². The van der Waals surface area contributed by atoms with Crippen LogP contribution in [0.3, 0.4) is 0 Å². The summed E-state index contributed by atoms with van der Waals surface area (Å²) >= 11 is 1.48. The molecule has 0 atom stereocenters. The highest BCUT2D eigenvalue weighted by atomic mass is 32.1. The van der Waals surface area contributed by atoms with Crippen LogP contribution >= 0.6 is 11.3 Å². The lowest BCUT2D eigenvalue weighted by Crippen LogP contribution is -2.13. The van der Waals surface area contributed by atoms with E-state index < -0.39 is 0 Å². The Kier molecular flexibility index (Phi) is 2.79. The molecule has 2 heterocycles. The molecule has 1 aliphatic carbocycles. The zero-order chi connectivity index (χ0) is 12.5. The predicted molar refractivity (Wildman–Crippen MR) is 68.8 cm³/mol. The Bertz CT molecular complexity index is 577. The van der Waals surface area contributed by atoms with Gasteiger partial charge in [-0.25, -0.2) is 15.0 Å². The molecule has 0 spiro atoms. The number of nitrogens with zero attached hydrogens (tertiary/aromatic N) is 3. The predicted octanol–water partition coefficient (Wildman–Crippen LogP) is 2.37. The topological polar surface area (TPSA) is 67.8 Å². The van der Waals surface area contributed by atoms with Gasteiger partial charge in [0.25, 0.3) is 5.91 Å². The van der Waals surface area contributed by atoms with Crippen molar-refractivity contribution in [3.8, 4) is 0 Å². The minimum absolute atomic E-state index is 0.178. The molecule has 1 amide bonds. The first-order valence-electron chi connectivity index (χ1n) is 5.80. The largest absolute Gasteiger partial charge is 0.290 e. The number of carbonyl (C=O) groups is 1. The van der Waals surface area contributed by atoms with E-state index in [1.165, 1.54) is 24.2 Å². The van der Waals surface area contributed by atoms with Crippen molar-refractivity contribution >= 4 is 23.2 Å². The van der Waals surface area contributed by atoms with Gasteiger partial charge in [-0.1, -0.05) is 0 Å². The number of thiazole rings is 1. The fraction of sp³-hybridized carbons (Fsp3) is 0.333. The van der Waals surface area contributed by atoms with Crippen molar-refractivity contribution < 1.29 is 4.79 Å². The molecule has 1 saturated carbocycles. The maximum Gasteiger partial charge on any atom is 0.270 e. The van der Waals surface area contributed by atoms with Gasteiger partial charge in [-0.15, -0.1) is 11.3 Å². The number of aryl methyl sites for hydroxylation is 1. The maximum absolute atomic E-state index is 12.1. The van der Waals surface area contributed by atoms with Crippen molar-refractivity contribution in [2.45, 2.75) is 25.7 Å². The van der Waals surface area contributed by atoms with Crippen LogP contribution in [0.4, 0.5) is 5.95 Å². The van der Waals surface area contributed by atoms with Crippen molar-refractivity contribution in [3.63, 3.8) is 0 Å². The molecular weight excluding hydrogens is 248 g/mol. The molecule has 2 aromatic rings. The van der Waals surface area contributed by atoms with E-state index in [4.69, 9.17) is 0 Å². The van der Waals surface area contributed by atoms with Gasteiger partial charge in [0.1, 0.15) is 4.88 Å². The van der Waals surface area contributed by atoms with Crippen LogP contribution in [0.25, 0.3) is 0 Å². The molecule has 0 saturated heterocycles. The molecule has 5 nitrogen and oxygen atoms in total.